The number of amides is 2. The highest BCUT2D eigenvalue weighted by Crippen LogP contribution is 2.20. The lowest BCUT2D eigenvalue weighted by molar-refractivity contribution is -0.122. The van der Waals surface area contributed by atoms with Crippen LogP contribution in [0.1, 0.15) is 30.6 Å². The topological polar surface area (TPSA) is 104 Å². The molecule has 3 N–H and O–H groups in total. The monoisotopic (exact) mass is 361 g/mol. The van der Waals surface area contributed by atoms with Gasteiger partial charge in [-0.05, 0) is 38.6 Å². The first-order chi connectivity index (χ1) is 10.7. The zero-order valence-corrected chi connectivity index (χ0v) is 14.7. The molecule has 2 amide bonds. The van der Waals surface area contributed by atoms with E-state index in [9.17, 15) is 18.0 Å². The van der Waals surface area contributed by atoms with E-state index >= 15 is 0 Å². The van der Waals surface area contributed by atoms with E-state index < -0.39 is 22.0 Å². The molecule has 1 rings (SSSR count). The lowest BCUT2D eigenvalue weighted by atomic mass is 10.2. The first-order valence-corrected chi connectivity index (χ1v) is 8.90. The summed E-state index contributed by atoms with van der Waals surface area (Å²) in [6, 6.07) is 3.01. The van der Waals surface area contributed by atoms with Crippen LogP contribution in [0.15, 0.2) is 23.1 Å². The molecule has 0 saturated heterocycles. The summed E-state index contributed by atoms with van der Waals surface area (Å²) in [5.41, 5.74) is -0.0156. The summed E-state index contributed by atoms with van der Waals surface area (Å²) in [4.78, 5) is 23.9. The molecule has 0 saturated carbocycles. The fraction of sp³-hybridized carbons (Fsp3) is 0.429. The predicted molar refractivity (Wildman–Crippen MR) is 87.9 cm³/mol. The molecule has 0 aliphatic rings. The highest BCUT2D eigenvalue weighted by molar-refractivity contribution is 7.89. The molecule has 1 atom stereocenters. The van der Waals surface area contributed by atoms with Gasteiger partial charge in [0.25, 0.3) is 5.91 Å². The summed E-state index contributed by atoms with van der Waals surface area (Å²) in [5, 5.41) is 5.24. The van der Waals surface area contributed by atoms with Gasteiger partial charge in [-0.1, -0.05) is 18.5 Å². The van der Waals surface area contributed by atoms with Gasteiger partial charge in [0.1, 0.15) is 6.04 Å². The number of nitrogens with one attached hydrogen (secondary N) is 3. The number of carbonyl (C=O) groups is 2. The summed E-state index contributed by atoms with van der Waals surface area (Å²) in [7, 11) is -2.43. The van der Waals surface area contributed by atoms with Crippen LogP contribution in [-0.2, 0) is 14.8 Å². The van der Waals surface area contributed by atoms with Gasteiger partial charge in [0, 0.05) is 6.54 Å². The first-order valence-electron chi connectivity index (χ1n) is 7.04. The number of sulfonamides is 1. The van der Waals surface area contributed by atoms with Crippen molar-refractivity contribution in [1.82, 2.24) is 15.4 Å². The van der Waals surface area contributed by atoms with Gasteiger partial charge in [-0.15, -0.1) is 0 Å². The van der Waals surface area contributed by atoms with Gasteiger partial charge in [0.05, 0.1) is 15.5 Å². The van der Waals surface area contributed by atoms with E-state index in [1.165, 1.54) is 32.2 Å². The highest BCUT2D eigenvalue weighted by atomic mass is 35.5. The third-order valence-electron chi connectivity index (χ3n) is 3.05. The quantitative estimate of drug-likeness (QED) is 0.670. The maximum atomic E-state index is 12.2. The van der Waals surface area contributed by atoms with Crippen LogP contribution in [0.3, 0.4) is 0 Å². The molecule has 0 heterocycles. The minimum Gasteiger partial charge on any atom is -0.354 e. The molecular formula is C14H20ClN3O4S. The van der Waals surface area contributed by atoms with Crippen molar-refractivity contribution in [3.05, 3.63) is 28.8 Å². The summed E-state index contributed by atoms with van der Waals surface area (Å²) in [6.07, 6.45) is 0.780. The molecule has 1 aromatic rings. The molecule has 0 fully saturated rings. The molecule has 0 spiro atoms. The Balaban J connectivity index is 2.96. The average Bonchev–Trinajstić information content (AvgIpc) is 2.52. The zero-order chi connectivity index (χ0) is 17.6. The van der Waals surface area contributed by atoms with Crippen LogP contribution in [0.4, 0.5) is 0 Å². The van der Waals surface area contributed by atoms with E-state index in [1.807, 2.05) is 6.92 Å². The van der Waals surface area contributed by atoms with Crippen LogP contribution >= 0.6 is 11.6 Å². The van der Waals surface area contributed by atoms with Gasteiger partial charge in [-0.25, -0.2) is 13.1 Å². The van der Waals surface area contributed by atoms with Gasteiger partial charge < -0.3 is 10.6 Å². The normalized spacial score (nSPS) is 12.5. The number of halogens is 1. The number of rotatable bonds is 7. The van der Waals surface area contributed by atoms with Gasteiger partial charge in [0.15, 0.2) is 0 Å². The Morgan fingerprint density at radius 2 is 1.96 bits per heavy atom. The smallest absolute Gasteiger partial charge is 0.253 e. The molecule has 128 valence electrons. The SMILES string of the molecule is CCCNC(=O)[C@@H](C)NC(=O)c1cc(S(=O)(=O)NC)ccc1Cl. The summed E-state index contributed by atoms with van der Waals surface area (Å²) in [6.45, 7) is 3.96. The minimum absolute atomic E-state index is 0.0156. The van der Waals surface area contributed by atoms with Crippen molar-refractivity contribution in [2.24, 2.45) is 0 Å². The molecule has 0 bridgehead atoms. The largest absolute Gasteiger partial charge is 0.354 e. The Bertz CT molecular complexity index is 691. The van der Waals surface area contributed by atoms with Gasteiger partial charge in [-0.2, -0.15) is 0 Å². The van der Waals surface area contributed by atoms with E-state index in [0.717, 1.165) is 6.42 Å². The number of carbonyl (C=O) groups excluding carboxylic acids is 2. The second kappa shape index (κ2) is 8.28. The van der Waals surface area contributed by atoms with E-state index in [2.05, 4.69) is 15.4 Å². The number of benzene rings is 1. The lowest BCUT2D eigenvalue weighted by Gasteiger charge is -2.15. The maximum Gasteiger partial charge on any atom is 0.253 e. The Morgan fingerprint density at radius 1 is 1.30 bits per heavy atom. The van der Waals surface area contributed by atoms with Gasteiger partial charge in [-0.3, -0.25) is 9.59 Å². The minimum atomic E-state index is -3.70. The van der Waals surface area contributed by atoms with Crippen LogP contribution in [0.25, 0.3) is 0 Å². The molecule has 23 heavy (non-hydrogen) atoms. The fourth-order valence-electron chi connectivity index (χ4n) is 1.70. The van der Waals surface area contributed by atoms with E-state index in [0.29, 0.717) is 6.54 Å². The fourth-order valence-corrected chi connectivity index (χ4v) is 2.66. The maximum absolute atomic E-state index is 12.2. The second-order valence-corrected chi connectivity index (χ2v) is 7.13. The summed E-state index contributed by atoms with van der Waals surface area (Å²) < 4.78 is 25.7. The van der Waals surface area contributed by atoms with Crippen LogP contribution in [0.5, 0.6) is 0 Å². The molecule has 7 nitrogen and oxygen atoms in total. The standard InChI is InChI=1S/C14H20ClN3O4S/c1-4-7-17-13(19)9(2)18-14(20)11-8-10(5-6-12(11)15)23(21,22)16-3/h5-6,8-9,16H,4,7H2,1-3H3,(H,17,19)(H,18,20)/t9-/m1/s1. The second-order valence-electron chi connectivity index (χ2n) is 4.84. The van der Waals surface area contributed by atoms with Crippen molar-refractivity contribution in [3.63, 3.8) is 0 Å². The molecular weight excluding hydrogens is 342 g/mol. The predicted octanol–water partition coefficient (Wildman–Crippen LogP) is 0.893. The summed E-state index contributed by atoms with van der Waals surface area (Å²) in [5.74, 6) is -0.947. The van der Waals surface area contributed by atoms with E-state index in [4.69, 9.17) is 11.6 Å². The van der Waals surface area contributed by atoms with Crippen LogP contribution < -0.4 is 15.4 Å². The van der Waals surface area contributed by atoms with Gasteiger partial charge >= 0.3 is 0 Å². The molecule has 9 heteroatoms. The van der Waals surface area contributed by atoms with E-state index in [-0.39, 0.29) is 21.4 Å². The molecule has 0 aliphatic carbocycles. The third-order valence-corrected chi connectivity index (χ3v) is 4.79. The molecule has 0 unspecified atom stereocenters. The Kier molecular flexibility index (Phi) is 6.99. The Labute approximate surface area is 140 Å². The average molecular weight is 362 g/mol. The van der Waals surface area contributed by atoms with Crippen molar-refractivity contribution in [3.8, 4) is 0 Å². The molecule has 0 aromatic heterocycles. The van der Waals surface area contributed by atoms with Crippen LogP contribution in [0, 0.1) is 0 Å². The highest BCUT2D eigenvalue weighted by Gasteiger charge is 2.20. The zero-order valence-electron chi connectivity index (χ0n) is 13.1. The molecule has 1 aromatic carbocycles. The Hall–Kier alpha value is -1.64. The third kappa shape index (κ3) is 5.19. The summed E-state index contributed by atoms with van der Waals surface area (Å²) >= 11 is 5.95. The van der Waals surface area contributed by atoms with Crippen molar-refractivity contribution < 1.29 is 18.0 Å². The van der Waals surface area contributed by atoms with Crippen molar-refractivity contribution in [1.29, 1.82) is 0 Å². The molecule has 0 aliphatic heterocycles. The number of hydrogen-bond acceptors (Lipinski definition) is 4. The number of hydrogen-bond donors (Lipinski definition) is 3. The van der Waals surface area contributed by atoms with E-state index in [1.54, 1.807) is 0 Å². The van der Waals surface area contributed by atoms with Crippen LogP contribution in [-0.4, -0.2) is 39.9 Å². The van der Waals surface area contributed by atoms with Crippen LogP contribution in [0.2, 0.25) is 5.02 Å². The van der Waals surface area contributed by atoms with Crippen molar-refractivity contribution >= 4 is 33.4 Å². The van der Waals surface area contributed by atoms with Gasteiger partial charge in [0.2, 0.25) is 15.9 Å². The molecule has 0 radical (unpaired) electrons. The van der Waals surface area contributed by atoms with Crippen molar-refractivity contribution in [2.75, 3.05) is 13.6 Å². The van der Waals surface area contributed by atoms with Crippen molar-refractivity contribution in [2.45, 2.75) is 31.2 Å². The first kappa shape index (κ1) is 19.4. The Morgan fingerprint density at radius 3 is 2.52 bits per heavy atom. The lowest BCUT2D eigenvalue weighted by Crippen LogP contribution is -2.45.